The summed E-state index contributed by atoms with van der Waals surface area (Å²) in [6.45, 7) is 4.44. The van der Waals surface area contributed by atoms with Gasteiger partial charge in [-0.25, -0.2) is 0 Å². The summed E-state index contributed by atoms with van der Waals surface area (Å²) >= 11 is 1.28. The number of carbonyl (C=O) groups excluding carboxylic acids is 2. The third-order valence-electron chi connectivity index (χ3n) is 2.91. The highest BCUT2D eigenvalue weighted by Crippen LogP contribution is 2.20. The molecule has 0 radical (unpaired) electrons. The van der Waals surface area contributed by atoms with Crippen LogP contribution in [0.3, 0.4) is 0 Å². The largest absolute Gasteiger partial charge is 0.309 e. The molecule has 0 aliphatic heterocycles. The molecule has 1 atom stereocenters. The first-order valence-corrected chi connectivity index (χ1v) is 7.69. The van der Waals surface area contributed by atoms with Crippen LogP contribution in [0.4, 0.5) is 0 Å². The molecule has 0 aliphatic carbocycles. The molecule has 0 aliphatic rings. The molecule has 0 spiro atoms. The minimum absolute atomic E-state index is 0.306. The van der Waals surface area contributed by atoms with Crippen LogP contribution < -0.4 is 10.9 Å². The Hall–Kier alpha value is -2.35. The summed E-state index contributed by atoms with van der Waals surface area (Å²) in [4.78, 5) is 23.8. The first-order valence-electron chi connectivity index (χ1n) is 6.81. The van der Waals surface area contributed by atoms with Crippen molar-refractivity contribution >= 4 is 23.6 Å². The predicted molar refractivity (Wildman–Crippen MR) is 83.1 cm³/mol. The lowest BCUT2D eigenvalue weighted by atomic mass is 10.2. The molecule has 116 valence electrons. The van der Waals surface area contributed by atoms with Gasteiger partial charge in [0.1, 0.15) is 6.33 Å². The van der Waals surface area contributed by atoms with E-state index in [0.29, 0.717) is 10.7 Å². The minimum atomic E-state index is -0.412. The molecule has 22 heavy (non-hydrogen) atoms. The highest BCUT2D eigenvalue weighted by molar-refractivity contribution is 8.00. The maximum atomic E-state index is 12.0. The number of rotatable bonds is 5. The summed E-state index contributed by atoms with van der Waals surface area (Å²) in [5.41, 5.74) is 5.29. The third kappa shape index (κ3) is 4.08. The van der Waals surface area contributed by atoms with Crippen LogP contribution in [0, 0.1) is 0 Å². The highest BCUT2D eigenvalue weighted by Gasteiger charge is 2.18. The number of nitrogens with one attached hydrogen (secondary N) is 2. The first kappa shape index (κ1) is 16.0. The van der Waals surface area contributed by atoms with Crippen LogP contribution in [-0.4, -0.2) is 31.8 Å². The SMILES string of the molecule is CCn1cnnc1S[C@@H](C)C(=O)NNC(=O)c1ccccc1. The van der Waals surface area contributed by atoms with Crippen molar-refractivity contribution in [2.75, 3.05) is 0 Å². The van der Waals surface area contributed by atoms with Crippen LogP contribution in [0.1, 0.15) is 24.2 Å². The second-order valence-electron chi connectivity index (χ2n) is 4.47. The van der Waals surface area contributed by atoms with E-state index in [4.69, 9.17) is 0 Å². The molecule has 2 N–H and O–H groups in total. The second kappa shape index (κ2) is 7.60. The fourth-order valence-electron chi connectivity index (χ4n) is 1.65. The molecule has 1 heterocycles. The van der Waals surface area contributed by atoms with Gasteiger partial charge in [-0.3, -0.25) is 20.4 Å². The fraction of sp³-hybridized carbons (Fsp3) is 0.286. The Morgan fingerprint density at radius 2 is 2.00 bits per heavy atom. The summed E-state index contributed by atoms with van der Waals surface area (Å²) in [5, 5.41) is 8.03. The maximum absolute atomic E-state index is 12.0. The molecular formula is C14H17N5O2S. The Bertz CT molecular complexity index is 644. The molecule has 7 nitrogen and oxygen atoms in total. The van der Waals surface area contributed by atoms with Gasteiger partial charge in [0, 0.05) is 12.1 Å². The minimum Gasteiger partial charge on any atom is -0.309 e. The number of benzene rings is 1. The monoisotopic (exact) mass is 319 g/mol. The zero-order valence-electron chi connectivity index (χ0n) is 12.3. The van der Waals surface area contributed by atoms with Gasteiger partial charge in [0.15, 0.2) is 5.16 Å². The molecule has 1 aromatic heterocycles. The summed E-state index contributed by atoms with van der Waals surface area (Å²) in [6, 6.07) is 8.67. The summed E-state index contributed by atoms with van der Waals surface area (Å²) in [6.07, 6.45) is 1.62. The van der Waals surface area contributed by atoms with Crippen LogP contribution in [0.5, 0.6) is 0 Å². The van der Waals surface area contributed by atoms with E-state index >= 15 is 0 Å². The van der Waals surface area contributed by atoms with Gasteiger partial charge in [0.2, 0.25) is 0 Å². The van der Waals surface area contributed by atoms with E-state index in [1.165, 1.54) is 11.8 Å². The topological polar surface area (TPSA) is 88.9 Å². The Morgan fingerprint density at radius 1 is 1.27 bits per heavy atom. The Balaban J connectivity index is 1.85. The number of hydrazine groups is 1. The van der Waals surface area contributed by atoms with Crippen molar-refractivity contribution in [3.8, 4) is 0 Å². The van der Waals surface area contributed by atoms with Crippen LogP contribution in [0.25, 0.3) is 0 Å². The number of amides is 2. The molecule has 0 unspecified atom stereocenters. The van der Waals surface area contributed by atoms with Gasteiger partial charge in [0.25, 0.3) is 11.8 Å². The van der Waals surface area contributed by atoms with Crippen molar-refractivity contribution in [3.05, 3.63) is 42.2 Å². The molecule has 2 aromatic rings. The second-order valence-corrected chi connectivity index (χ2v) is 5.78. The van der Waals surface area contributed by atoms with E-state index in [1.807, 2.05) is 17.6 Å². The molecule has 2 rings (SSSR count). The number of aromatic nitrogens is 3. The van der Waals surface area contributed by atoms with Crippen LogP contribution in [0.2, 0.25) is 0 Å². The summed E-state index contributed by atoms with van der Waals surface area (Å²) in [5.74, 6) is -0.664. The van der Waals surface area contributed by atoms with Crippen molar-refractivity contribution < 1.29 is 9.59 Å². The van der Waals surface area contributed by atoms with Crippen molar-refractivity contribution in [2.24, 2.45) is 0 Å². The molecule has 0 fully saturated rings. The zero-order valence-corrected chi connectivity index (χ0v) is 13.1. The van der Waals surface area contributed by atoms with E-state index in [9.17, 15) is 9.59 Å². The van der Waals surface area contributed by atoms with Gasteiger partial charge in [-0.2, -0.15) is 0 Å². The van der Waals surface area contributed by atoms with Gasteiger partial charge in [0.05, 0.1) is 5.25 Å². The number of nitrogens with zero attached hydrogens (tertiary/aromatic N) is 3. The van der Waals surface area contributed by atoms with Crippen molar-refractivity contribution in [2.45, 2.75) is 30.8 Å². The van der Waals surface area contributed by atoms with Gasteiger partial charge >= 0.3 is 0 Å². The van der Waals surface area contributed by atoms with Crippen molar-refractivity contribution in [1.29, 1.82) is 0 Å². The maximum Gasteiger partial charge on any atom is 0.269 e. The first-order chi connectivity index (χ1) is 10.6. The average molecular weight is 319 g/mol. The molecule has 0 bridgehead atoms. The number of aryl methyl sites for hydroxylation is 1. The highest BCUT2D eigenvalue weighted by atomic mass is 32.2. The van der Waals surface area contributed by atoms with Crippen molar-refractivity contribution in [1.82, 2.24) is 25.6 Å². The zero-order chi connectivity index (χ0) is 15.9. The smallest absolute Gasteiger partial charge is 0.269 e. The Kier molecular flexibility index (Phi) is 5.54. The summed E-state index contributed by atoms with van der Waals surface area (Å²) < 4.78 is 1.84. The van der Waals surface area contributed by atoms with Gasteiger partial charge in [-0.15, -0.1) is 10.2 Å². The lowest BCUT2D eigenvalue weighted by Crippen LogP contribution is -2.44. The Morgan fingerprint density at radius 3 is 2.68 bits per heavy atom. The van der Waals surface area contributed by atoms with Gasteiger partial charge in [-0.1, -0.05) is 30.0 Å². The quantitative estimate of drug-likeness (QED) is 0.639. The molecular weight excluding hydrogens is 302 g/mol. The van der Waals surface area contributed by atoms with Crippen LogP contribution in [0.15, 0.2) is 41.8 Å². The number of carbonyl (C=O) groups is 2. The molecule has 2 amide bonds. The van der Waals surface area contributed by atoms with E-state index in [0.717, 1.165) is 6.54 Å². The van der Waals surface area contributed by atoms with Crippen LogP contribution >= 0.6 is 11.8 Å². The van der Waals surface area contributed by atoms with Gasteiger partial charge < -0.3 is 4.57 Å². The fourth-order valence-corrected chi connectivity index (χ4v) is 2.53. The van der Waals surface area contributed by atoms with E-state index in [1.54, 1.807) is 37.5 Å². The van der Waals surface area contributed by atoms with Crippen LogP contribution in [-0.2, 0) is 11.3 Å². The molecule has 0 saturated heterocycles. The van der Waals surface area contributed by atoms with Crippen molar-refractivity contribution in [3.63, 3.8) is 0 Å². The average Bonchev–Trinajstić information content (AvgIpc) is 3.00. The molecule has 8 heteroatoms. The third-order valence-corrected chi connectivity index (χ3v) is 4.00. The molecule has 1 aromatic carbocycles. The standard InChI is InChI=1S/C14H17N5O2S/c1-3-19-9-15-18-14(19)22-10(2)12(20)16-17-13(21)11-7-5-4-6-8-11/h4-10H,3H2,1-2H3,(H,16,20)(H,17,21)/t10-/m0/s1. The number of hydrogen-bond donors (Lipinski definition) is 2. The normalized spacial score (nSPS) is 11.7. The number of thioether (sulfide) groups is 1. The van der Waals surface area contributed by atoms with Gasteiger partial charge in [-0.05, 0) is 26.0 Å². The van der Waals surface area contributed by atoms with E-state index in [2.05, 4.69) is 21.0 Å². The lowest BCUT2D eigenvalue weighted by Gasteiger charge is -2.12. The molecule has 0 saturated carbocycles. The number of hydrogen-bond acceptors (Lipinski definition) is 5. The lowest BCUT2D eigenvalue weighted by molar-refractivity contribution is -0.121. The summed E-state index contributed by atoms with van der Waals surface area (Å²) in [7, 11) is 0. The van der Waals surface area contributed by atoms with E-state index < -0.39 is 5.25 Å². The van der Waals surface area contributed by atoms with E-state index in [-0.39, 0.29) is 11.8 Å². The predicted octanol–water partition coefficient (Wildman–Crippen LogP) is 1.24. The Labute approximate surface area is 132 Å².